The summed E-state index contributed by atoms with van der Waals surface area (Å²) in [5.41, 5.74) is 0. The van der Waals surface area contributed by atoms with E-state index in [4.69, 9.17) is 10.2 Å². The summed E-state index contributed by atoms with van der Waals surface area (Å²) in [5.74, 6) is -1.91. The zero-order chi connectivity index (χ0) is 20.9. The summed E-state index contributed by atoms with van der Waals surface area (Å²) in [7, 11) is 0. The van der Waals surface area contributed by atoms with Crippen LogP contribution < -0.4 is 5.32 Å². The van der Waals surface area contributed by atoms with Crippen molar-refractivity contribution in [3.8, 4) is 0 Å². The Hall–Kier alpha value is 0.536. The third kappa shape index (κ3) is 24.7. The average molecular weight is 440 g/mol. The maximum atomic E-state index is 11.1. The van der Waals surface area contributed by atoms with Gasteiger partial charge >= 0.3 is 63.3 Å². The van der Waals surface area contributed by atoms with E-state index in [1.165, 1.54) is 89.9 Å². The average Bonchev–Trinajstić information content (AvgIpc) is 2.66. The van der Waals surface area contributed by atoms with Gasteiger partial charge in [-0.05, 0) is 19.4 Å². The Balaban J connectivity index is 0. The summed E-state index contributed by atoms with van der Waals surface area (Å²) < 4.78 is 0. The van der Waals surface area contributed by atoms with Crippen LogP contribution in [0, 0.1) is 0 Å². The molecule has 0 spiro atoms. The predicted molar refractivity (Wildman–Crippen MR) is 123 cm³/mol. The first-order valence-corrected chi connectivity index (χ1v) is 11.8. The Morgan fingerprint density at radius 2 is 1.07 bits per heavy atom. The van der Waals surface area contributed by atoms with Gasteiger partial charge in [-0.25, -0.2) is 0 Å². The van der Waals surface area contributed by atoms with E-state index in [9.17, 15) is 9.59 Å². The number of rotatable bonds is 22. The number of carbonyl (C=O) groups is 2. The minimum absolute atomic E-state index is 0. The molecule has 0 rings (SSSR count). The Bertz CT molecular complexity index is 380. The van der Waals surface area contributed by atoms with Crippen molar-refractivity contribution in [1.29, 1.82) is 0 Å². The van der Waals surface area contributed by atoms with Crippen LogP contribution in [-0.2, 0) is 9.59 Å². The number of hydrogen-bond donors (Lipinski definition) is 3. The molecule has 3 N–H and O–H groups in total. The van der Waals surface area contributed by atoms with E-state index in [2.05, 4.69) is 12.2 Å². The molecule has 1 atom stereocenters. The fourth-order valence-electron chi connectivity index (χ4n) is 3.53. The molecule has 29 heavy (non-hydrogen) atoms. The molecule has 0 aliphatic carbocycles. The van der Waals surface area contributed by atoms with Gasteiger partial charge in [-0.3, -0.25) is 9.59 Å². The first-order chi connectivity index (χ1) is 13.6. The van der Waals surface area contributed by atoms with Gasteiger partial charge in [0, 0.05) is 6.42 Å². The summed E-state index contributed by atoms with van der Waals surface area (Å²) in [5, 5.41) is 20.7. The molecule has 0 radical (unpaired) electrons. The van der Waals surface area contributed by atoms with Crippen LogP contribution in [0.25, 0.3) is 0 Å². The van der Waals surface area contributed by atoms with E-state index in [0.29, 0.717) is 6.54 Å². The van der Waals surface area contributed by atoms with Gasteiger partial charge in [-0.1, -0.05) is 103 Å². The van der Waals surface area contributed by atoms with E-state index in [1.807, 2.05) is 0 Å². The Morgan fingerprint density at radius 3 is 1.41 bits per heavy atom. The number of hydrogen-bond acceptors (Lipinski definition) is 3. The molecule has 0 aliphatic rings. The molecule has 0 aromatic heterocycles. The van der Waals surface area contributed by atoms with Gasteiger partial charge in [0.15, 0.2) is 0 Å². The standard InChI is InChI=1S/C23H45NO4.K.H/c1-2-3-4-5-6-7-8-9-10-11-12-13-14-15-16-17-20-24-21(23(27)28)18-19-22(25)26;;/h21,24H,2-20H2,1H3,(H,25,26)(H,27,28);;/t21-;;/m1../s1. The van der Waals surface area contributed by atoms with Crippen LogP contribution >= 0.6 is 0 Å². The normalized spacial score (nSPS) is 11.8. The number of aliphatic carboxylic acids is 2. The van der Waals surface area contributed by atoms with E-state index in [1.54, 1.807) is 0 Å². The molecule has 0 aliphatic heterocycles. The second kappa shape index (κ2) is 24.8. The number of carboxylic acid groups (broad SMARTS) is 2. The van der Waals surface area contributed by atoms with Crippen molar-refractivity contribution in [3.63, 3.8) is 0 Å². The van der Waals surface area contributed by atoms with Crippen molar-refractivity contribution in [1.82, 2.24) is 5.32 Å². The predicted octanol–water partition coefficient (Wildman–Crippen LogP) is 5.51. The van der Waals surface area contributed by atoms with E-state index >= 15 is 0 Å². The number of carboxylic acids is 2. The molecule has 0 saturated carbocycles. The summed E-state index contributed by atoms with van der Waals surface area (Å²) >= 11 is 0. The molecule has 6 heteroatoms. The van der Waals surface area contributed by atoms with E-state index in [0.717, 1.165) is 12.8 Å². The van der Waals surface area contributed by atoms with Crippen LogP contribution in [0.2, 0.25) is 0 Å². The quantitative estimate of drug-likeness (QED) is 0.153. The molecule has 0 unspecified atom stereocenters. The van der Waals surface area contributed by atoms with Gasteiger partial charge in [-0.2, -0.15) is 0 Å². The minimum atomic E-state index is -0.960. The molecule has 0 aromatic rings. The van der Waals surface area contributed by atoms with Crippen molar-refractivity contribution < 1.29 is 19.8 Å². The van der Waals surface area contributed by atoms with E-state index in [-0.39, 0.29) is 64.2 Å². The maximum absolute atomic E-state index is 11.1. The summed E-state index contributed by atoms with van der Waals surface area (Å²) in [6, 6.07) is -0.743. The summed E-state index contributed by atoms with van der Waals surface area (Å²) in [6.07, 6.45) is 21.1. The molecular formula is C23H46KNO4. The molecular weight excluding hydrogens is 393 g/mol. The van der Waals surface area contributed by atoms with Crippen LogP contribution in [0.4, 0.5) is 0 Å². The van der Waals surface area contributed by atoms with Gasteiger partial charge in [-0.15, -0.1) is 0 Å². The first-order valence-electron chi connectivity index (χ1n) is 11.8. The van der Waals surface area contributed by atoms with E-state index < -0.39 is 18.0 Å². The Kier molecular flexibility index (Phi) is 27.1. The van der Waals surface area contributed by atoms with Crippen molar-refractivity contribution in [2.75, 3.05) is 6.54 Å². The van der Waals surface area contributed by atoms with Crippen LogP contribution in [0.5, 0.6) is 0 Å². The summed E-state index contributed by atoms with van der Waals surface area (Å²) in [6.45, 7) is 2.91. The van der Waals surface area contributed by atoms with Gasteiger partial charge in [0.25, 0.3) is 0 Å². The Labute approximate surface area is 221 Å². The topological polar surface area (TPSA) is 86.6 Å². The molecule has 0 heterocycles. The van der Waals surface area contributed by atoms with Crippen molar-refractivity contribution in [3.05, 3.63) is 0 Å². The zero-order valence-electron chi connectivity index (χ0n) is 18.2. The summed E-state index contributed by atoms with van der Waals surface area (Å²) in [4.78, 5) is 21.6. The van der Waals surface area contributed by atoms with Crippen LogP contribution in [0.1, 0.15) is 122 Å². The fraction of sp³-hybridized carbons (Fsp3) is 0.913. The van der Waals surface area contributed by atoms with Crippen LogP contribution in [0.3, 0.4) is 0 Å². The van der Waals surface area contributed by atoms with Gasteiger partial charge in [0.05, 0.1) is 0 Å². The van der Waals surface area contributed by atoms with Crippen molar-refractivity contribution in [2.45, 2.75) is 129 Å². The third-order valence-corrected chi connectivity index (χ3v) is 5.37. The first kappa shape index (κ1) is 31.7. The molecule has 0 aromatic carbocycles. The molecule has 0 amide bonds. The molecule has 0 bridgehead atoms. The molecule has 0 saturated heterocycles. The van der Waals surface area contributed by atoms with Crippen molar-refractivity contribution in [2.24, 2.45) is 0 Å². The van der Waals surface area contributed by atoms with Crippen molar-refractivity contribution >= 4 is 63.3 Å². The second-order valence-electron chi connectivity index (χ2n) is 8.08. The monoisotopic (exact) mass is 439 g/mol. The van der Waals surface area contributed by atoms with Gasteiger partial charge in [0.1, 0.15) is 6.04 Å². The van der Waals surface area contributed by atoms with Gasteiger partial charge in [0.2, 0.25) is 0 Å². The number of nitrogens with one attached hydrogen (secondary N) is 1. The SMILES string of the molecule is CCCCCCCCCCCCCCCCCCN[C@H](CCC(=O)O)C(=O)O.[KH]. The number of unbranched alkanes of at least 4 members (excludes halogenated alkanes) is 15. The van der Waals surface area contributed by atoms with Gasteiger partial charge < -0.3 is 15.5 Å². The second-order valence-corrected chi connectivity index (χ2v) is 8.08. The van der Waals surface area contributed by atoms with Crippen LogP contribution in [0.15, 0.2) is 0 Å². The molecule has 5 nitrogen and oxygen atoms in total. The fourth-order valence-corrected chi connectivity index (χ4v) is 3.53. The van der Waals surface area contributed by atoms with Crippen LogP contribution in [-0.4, -0.2) is 86.1 Å². The molecule has 168 valence electrons. The molecule has 0 fully saturated rings. The zero-order valence-corrected chi connectivity index (χ0v) is 18.2. The third-order valence-electron chi connectivity index (χ3n) is 5.37. The Morgan fingerprint density at radius 1 is 0.690 bits per heavy atom.